The second-order valence-corrected chi connectivity index (χ2v) is 6.76. The van der Waals surface area contributed by atoms with Crippen molar-refractivity contribution < 1.29 is 0 Å². The van der Waals surface area contributed by atoms with Gasteiger partial charge >= 0.3 is 0 Å². The predicted octanol–water partition coefficient (Wildman–Crippen LogP) is 2.35. The third-order valence-corrected chi connectivity index (χ3v) is 5.28. The molecule has 1 heterocycles. The Kier molecular flexibility index (Phi) is 3.45. The quantitative estimate of drug-likeness (QED) is 0.788. The zero-order valence-corrected chi connectivity index (χ0v) is 11.5. The number of hydrogen-bond donors (Lipinski definition) is 1. The van der Waals surface area contributed by atoms with Gasteiger partial charge in [0.15, 0.2) is 0 Å². The zero-order valence-electron chi connectivity index (χ0n) is 11.5. The molecule has 0 spiro atoms. The molecule has 0 bridgehead atoms. The van der Waals surface area contributed by atoms with E-state index in [1.165, 1.54) is 51.7 Å². The second-order valence-electron chi connectivity index (χ2n) is 6.76. The van der Waals surface area contributed by atoms with E-state index >= 15 is 0 Å². The maximum Gasteiger partial charge on any atom is 0.0114 e. The van der Waals surface area contributed by atoms with E-state index in [0.717, 1.165) is 29.7 Å². The van der Waals surface area contributed by atoms with Gasteiger partial charge in [0.05, 0.1) is 0 Å². The fourth-order valence-corrected chi connectivity index (χ4v) is 3.86. The Hall–Kier alpha value is -0.0800. The van der Waals surface area contributed by atoms with E-state index in [2.05, 4.69) is 24.2 Å². The van der Waals surface area contributed by atoms with Crippen LogP contribution < -0.4 is 5.32 Å². The van der Waals surface area contributed by atoms with E-state index in [1.807, 2.05) is 0 Å². The van der Waals surface area contributed by atoms with Crippen molar-refractivity contribution in [3.05, 3.63) is 0 Å². The SMILES string of the molecule is CNC1CCN(CC(C2CC2)C2CC2)CC1C. The van der Waals surface area contributed by atoms with Crippen LogP contribution in [-0.4, -0.2) is 37.6 Å². The lowest BCUT2D eigenvalue weighted by Gasteiger charge is -2.38. The molecule has 1 saturated heterocycles. The Balaban J connectivity index is 1.51. The van der Waals surface area contributed by atoms with Crippen molar-refractivity contribution in [2.24, 2.45) is 23.7 Å². The van der Waals surface area contributed by atoms with E-state index in [9.17, 15) is 0 Å². The summed E-state index contributed by atoms with van der Waals surface area (Å²) in [6.07, 6.45) is 7.47. The third kappa shape index (κ3) is 2.85. The van der Waals surface area contributed by atoms with Crippen molar-refractivity contribution in [3.63, 3.8) is 0 Å². The summed E-state index contributed by atoms with van der Waals surface area (Å²) in [7, 11) is 2.12. The lowest BCUT2D eigenvalue weighted by atomic mass is 9.91. The van der Waals surface area contributed by atoms with Crippen molar-refractivity contribution in [2.45, 2.75) is 45.1 Å². The van der Waals surface area contributed by atoms with Crippen molar-refractivity contribution in [1.29, 1.82) is 0 Å². The highest BCUT2D eigenvalue weighted by Gasteiger charge is 2.42. The zero-order chi connectivity index (χ0) is 11.8. The summed E-state index contributed by atoms with van der Waals surface area (Å²) in [5.41, 5.74) is 0. The monoisotopic (exact) mass is 236 g/mol. The van der Waals surface area contributed by atoms with Crippen LogP contribution in [0.25, 0.3) is 0 Å². The molecule has 0 aromatic carbocycles. The van der Waals surface area contributed by atoms with Gasteiger partial charge in [0.25, 0.3) is 0 Å². The van der Waals surface area contributed by atoms with Crippen LogP contribution in [0.15, 0.2) is 0 Å². The van der Waals surface area contributed by atoms with Crippen LogP contribution in [0.2, 0.25) is 0 Å². The van der Waals surface area contributed by atoms with Gasteiger partial charge in [-0.25, -0.2) is 0 Å². The minimum Gasteiger partial charge on any atom is -0.317 e. The van der Waals surface area contributed by atoms with Crippen LogP contribution in [0.4, 0.5) is 0 Å². The van der Waals surface area contributed by atoms with Crippen molar-refractivity contribution >= 4 is 0 Å². The van der Waals surface area contributed by atoms with Gasteiger partial charge in [-0.15, -0.1) is 0 Å². The molecule has 1 N–H and O–H groups in total. The van der Waals surface area contributed by atoms with Crippen molar-refractivity contribution in [2.75, 3.05) is 26.7 Å². The molecule has 2 nitrogen and oxygen atoms in total. The molecule has 3 aliphatic rings. The first-order valence-electron chi connectivity index (χ1n) is 7.67. The van der Waals surface area contributed by atoms with Crippen LogP contribution >= 0.6 is 0 Å². The predicted molar refractivity (Wildman–Crippen MR) is 72.0 cm³/mol. The number of rotatable bonds is 5. The molecule has 2 heteroatoms. The summed E-state index contributed by atoms with van der Waals surface area (Å²) < 4.78 is 0. The maximum absolute atomic E-state index is 3.47. The highest BCUT2D eigenvalue weighted by atomic mass is 15.1. The molecular weight excluding hydrogens is 208 g/mol. The Bertz CT molecular complexity index is 246. The minimum absolute atomic E-state index is 0.756. The highest BCUT2D eigenvalue weighted by Crippen LogP contribution is 2.49. The maximum atomic E-state index is 3.47. The first-order chi connectivity index (χ1) is 8.28. The minimum atomic E-state index is 0.756. The van der Waals surface area contributed by atoms with Gasteiger partial charge in [-0.3, -0.25) is 0 Å². The van der Waals surface area contributed by atoms with E-state index in [0.29, 0.717) is 0 Å². The van der Waals surface area contributed by atoms with Crippen LogP contribution in [0.5, 0.6) is 0 Å². The van der Waals surface area contributed by atoms with E-state index in [1.54, 1.807) is 0 Å². The first-order valence-corrected chi connectivity index (χ1v) is 7.67. The lowest BCUT2D eigenvalue weighted by Crippen LogP contribution is -2.48. The molecule has 17 heavy (non-hydrogen) atoms. The van der Waals surface area contributed by atoms with Gasteiger partial charge in [0.2, 0.25) is 0 Å². The van der Waals surface area contributed by atoms with Crippen LogP contribution in [-0.2, 0) is 0 Å². The second kappa shape index (κ2) is 4.89. The normalized spacial score (nSPS) is 35.5. The van der Waals surface area contributed by atoms with E-state index < -0.39 is 0 Å². The Morgan fingerprint density at radius 2 is 1.76 bits per heavy atom. The van der Waals surface area contributed by atoms with Gasteiger partial charge in [-0.1, -0.05) is 6.92 Å². The molecule has 3 fully saturated rings. The molecular formula is C15H28N2. The number of hydrogen-bond acceptors (Lipinski definition) is 2. The van der Waals surface area contributed by atoms with E-state index in [-0.39, 0.29) is 0 Å². The summed E-state index contributed by atoms with van der Waals surface area (Å²) in [5.74, 6) is 4.11. The number of piperidine rings is 1. The number of nitrogens with one attached hydrogen (secondary N) is 1. The molecule has 0 aromatic rings. The van der Waals surface area contributed by atoms with Gasteiger partial charge < -0.3 is 10.2 Å². The van der Waals surface area contributed by atoms with Crippen LogP contribution in [0, 0.1) is 23.7 Å². The molecule has 2 aliphatic carbocycles. The summed E-state index contributed by atoms with van der Waals surface area (Å²) >= 11 is 0. The molecule has 0 amide bonds. The van der Waals surface area contributed by atoms with Gasteiger partial charge in [-0.05, 0) is 69.4 Å². The van der Waals surface area contributed by atoms with Crippen molar-refractivity contribution in [1.82, 2.24) is 10.2 Å². The summed E-state index contributed by atoms with van der Waals surface area (Å²) in [5, 5.41) is 3.47. The highest BCUT2D eigenvalue weighted by molar-refractivity contribution is 4.94. The summed E-state index contributed by atoms with van der Waals surface area (Å²) in [6.45, 7) is 6.47. The summed E-state index contributed by atoms with van der Waals surface area (Å²) in [6, 6.07) is 0.756. The first kappa shape index (κ1) is 12.0. The fourth-order valence-electron chi connectivity index (χ4n) is 3.86. The fraction of sp³-hybridized carbons (Fsp3) is 1.00. The molecule has 2 saturated carbocycles. The van der Waals surface area contributed by atoms with Crippen molar-refractivity contribution in [3.8, 4) is 0 Å². The molecule has 2 atom stereocenters. The molecule has 98 valence electrons. The standard InChI is InChI=1S/C15H28N2/c1-11-9-17(8-7-15(11)16-2)10-14(12-3-4-12)13-5-6-13/h11-16H,3-10H2,1-2H3. The average Bonchev–Trinajstić information content (AvgIpc) is 3.16. The van der Waals surface area contributed by atoms with E-state index in [4.69, 9.17) is 0 Å². The third-order valence-electron chi connectivity index (χ3n) is 5.28. The topological polar surface area (TPSA) is 15.3 Å². The van der Waals surface area contributed by atoms with Crippen LogP contribution in [0.3, 0.4) is 0 Å². The molecule has 3 rings (SSSR count). The average molecular weight is 236 g/mol. The largest absolute Gasteiger partial charge is 0.317 e. The molecule has 0 aromatic heterocycles. The Morgan fingerprint density at radius 3 is 2.24 bits per heavy atom. The van der Waals surface area contributed by atoms with Gasteiger partial charge in [0.1, 0.15) is 0 Å². The number of nitrogens with zero attached hydrogens (tertiary/aromatic N) is 1. The van der Waals surface area contributed by atoms with Crippen LogP contribution in [0.1, 0.15) is 39.0 Å². The smallest absolute Gasteiger partial charge is 0.0114 e. The Labute approximate surface area is 106 Å². The Morgan fingerprint density at radius 1 is 1.12 bits per heavy atom. The summed E-state index contributed by atoms with van der Waals surface area (Å²) in [4.78, 5) is 2.76. The lowest BCUT2D eigenvalue weighted by molar-refractivity contribution is 0.121. The molecule has 0 radical (unpaired) electrons. The van der Waals surface area contributed by atoms with Gasteiger partial charge in [0, 0.05) is 19.1 Å². The van der Waals surface area contributed by atoms with Gasteiger partial charge in [-0.2, -0.15) is 0 Å². The molecule has 1 aliphatic heterocycles. The molecule has 2 unspecified atom stereocenters. The number of likely N-dealkylation sites (tertiary alicyclic amines) is 1.